The third-order valence-electron chi connectivity index (χ3n) is 4.82. The Bertz CT molecular complexity index is 513. The molecule has 0 saturated carbocycles. The van der Waals surface area contributed by atoms with Crippen molar-refractivity contribution in [2.45, 2.75) is 44.1 Å². The van der Waals surface area contributed by atoms with E-state index in [0.29, 0.717) is 12.5 Å². The Hall–Kier alpha value is -1.02. The molecule has 1 aliphatic heterocycles. The summed E-state index contributed by atoms with van der Waals surface area (Å²) in [4.78, 5) is 13.8. The number of halogens is 1. The van der Waals surface area contributed by atoms with Crippen molar-refractivity contribution in [1.29, 1.82) is 0 Å². The summed E-state index contributed by atoms with van der Waals surface area (Å²) in [5, 5.41) is 0.816. The molecule has 0 aromatic heterocycles. The van der Waals surface area contributed by atoms with Gasteiger partial charge in [0.15, 0.2) is 0 Å². The average Bonchev–Trinajstić information content (AvgIpc) is 2.34. The third-order valence-corrected chi connectivity index (χ3v) is 5.06. The maximum absolute atomic E-state index is 11.9. The zero-order chi connectivity index (χ0) is 12.9. The predicted octanol–water partition coefficient (Wildman–Crippen LogP) is 3.16. The summed E-state index contributed by atoms with van der Waals surface area (Å²) in [6, 6.07) is 6.57. The summed E-state index contributed by atoms with van der Waals surface area (Å²) in [7, 11) is 1.95. The zero-order valence-corrected chi connectivity index (χ0v) is 11.6. The molecule has 3 heteroatoms. The van der Waals surface area contributed by atoms with Gasteiger partial charge in [0.05, 0.1) is 0 Å². The summed E-state index contributed by atoms with van der Waals surface area (Å²) in [6.45, 7) is 2.30. The fraction of sp³-hybridized carbons (Fsp3) is 0.533. The van der Waals surface area contributed by atoms with E-state index in [1.165, 1.54) is 11.1 Å². The molecule has 0 N–H and O–H groups in total. The second-order valence-corrected chi connectivity index (χ2v) is 6.21. The Morgan fingerprint density at radius 3 is 2.94 bits per heavy atom. The molecular weight excluding hydrogens is 246 g/mol. The first-order valence-corrected chi connectivity index (χ1v) is 6.95. The van der Waals surface area contributed by atoms with Crippen LogP contribution >= 0.6 is 11.6 Å². The van der Waals surface area contributed by atoms with Crippen LogP contribution in [0.25, 0.3) is 0 Å². The highest BCUT2D eigenvalue weighted by Gasteiger charge is 2.46. The Morgan fingerprint density at radius 2 is 2.17 bits per heavy atom. The largest absolute Gasteiger partial charge is 0.342 e. The molecule has 2 atom stereocenters. The van der Waals surface area contributed by atoms with Crippen LogP contribution < -0.4 is 0 Å². The number of aryl methyl sites for hydroxylation is 1. The van der Waals surface area contributed by atoms with Crippen molar-refractivity contribution in [3.8, 4) is 0 Å². The van der Waals surface area contributed by atoms with E-state index in [1.807, 2.05) is 18.0 Å². The Kier molecular flexibility index (Phi) is 2.67. The molecule has 3 rings (SSSR count). The van der Waals surface area contributed by atoms with E-state index in [1.54, 1.807) is 0 Å². The first-order valence-electron chi connectivity index (χ1n) is 6.57. The van der Waals surface area contributed by atoms with Crippen LogP contribution in [0.5, 0.6) is 0 Å². The molecule has 0 bridgehead atoms. The first-order chi connectivity index (χ1) is 8.52. The molecule has 1 saturated heterocycles. The highest BCUT2D eigenvalue weighted by Crippen LogP contribution is 2.45. The van der Waals surface area contributed by atoms with Gasteiger partial charge in [0.2, 0.25) is 5.91 Å². The van der Waals surface area contributed by atoms with Gasteiger partial charge in [-0.3, -0.25) is 4.79 Å². The predicted molar refractivity (Wildman–Crippen MR) is 72.9 cm³/mol. The number of hydrogen-bond donors (Lipinski definition) is 0. The normalized spacial score (nSPS) is 30.9. The second-order valence-electron chi connectivity index (χ2n) is 5.78. The van der Waals surface area contributed by atoms with Gasteiger partial charge in [0, 0.05) is 29.9 Å². The summed E-state index contributed by atoms with van der Waals surface area (Å²) >= 11 is 6.08. The van der Waals surface area contributed by atoms with Crippen molar-refractivity contribution >= 4 is 17.5 Å². The second kappa shape index (κ2) is 3.99. The van der Waals surface area contributed by atoms with E-state index in [4.69, 9.17) is 11.6 Å². The third kappa shape index (κ3) is 1.58. The fourth-order valence-corrected chi connectivity index (χ4v) is 3.95. The van der Waals surface area contributed by atoms with Crippen molar-refractivity contribution < 1.29 is 4.79 Å². The van der Waals surface area contributed by atoms with Gasteiger partial charge in [-0.1, -0.05) is 24.6 Å². The summed E-state index contributed by atoms with van der Waals surface area (Å²) in [6.07, 6.45) is 3.68. The van der Waals surface area contributed by atoms with E-state index in [0.717, 1.165) is 24.3 Å². The number of fused-ring (bicyclic) bond motifs is 3. The van der Waals surface area contributed by atoms with Gasteiger partial charge in [-0.15, -0.1) is 0 Å². The lowest BCUT2D eigenvalue weighted by atomic mass is 9.63. The number of likely N-dealkylation sites (tertiary alicyclic amines) is 1. The number of hydrogen-bond acceptors (Lipinski definition) is 1. The van der Waals surface area contributed by atoms with E-state index < -0.39 is 0 Å². The smallest absolute Gasteiger partial charge is 0.222 e. The molecule has 2 aliphatic rings. The molecule has 0 radical (unpaired) electrons. The van der Waals surface area contributed by atoms with E-state index >= 15 is 0 Å². The van der Waals surface area contributed by atoms with Crippen LogP contribution in [-0.2, 0) is 16.6 Å². The monoisotopic (exact) mass is 263 g/mol. The first kappa shape index (κ1) is 12.0. The molecule has 96 valence electrons. The number of nitrogens with zero attached hydrogens (tertiary/aromatic N) is 1. The van der Waals surface area contributed by atoms with Gasteiger partial charge in [-0.2, -0.15) is 0 Å². The van der Waals surface area contributed by atoms with E-state index in [-0.39, 0.29) is 11.3 Å². The number of rotatable bonds is 0. The average molecular weight is 264 g/mol. The molecule has 18 heavy (non-hydrogen) atoms. The van der Waals surface area contributed by atoms with Crippen LogP contribution in [0.15, 0.2) is 18.2 Å². The maximum Gasteiger partial charge on any atom is 0.222 e. The van der Waals surface area contributed by atoms with Gasteiger partial charge in [-0.25, -0.2) is 0 Å². The quantitative estimate of drug-likeness (QED) is 0.704. The number of amides is 1. The Labute approximate surface area is 113 Å². The van der Waals surface area contributed by atoms with Crippen LogP contribution in [0.3, 0.4) is 0 Å². The number of piperidine rings is 1. The Balaban J connectivity index is 2.09. The number of carbonyl (C=O) groups excluding carboxylic acids is 1. The van der Waals surface area contributed by atoms with Crippen LogP contribution in [0, 0.1) is 0 Å². The number of benzene rings is 1. The lowest BCUT2D eigenvalue weighted by Gasteiger charge is -2.50. The topological polar surface area (TPSA) is 20.3 Å². The molecule has 0 unspecified atom stereocenters. The number of carbonyl (C=O) groups is 1. The van der Waals surface area contributed by atoms with Crippen molar-refractivity contribution in [2.75, 3.05) is 7.05 Å². The highest BCUT2D eigenvalue weighted by molar-refractivity contribution is 6.30. The molecule has 1 aromatic carbocycles. The SMILES string of the molecule is CN1C(=O)CC[C@]2(C)c3ccc(Cl)cc3CC[C@H]12. The minimum Gasteiger partial charge on any atom is -0.342 e. The molecule has 1 fully saturated rings. The van der Waals surface area contributed by atoms with E-state index in [9.17, 15) is 4.79 Å². The lowest BCUT2D eigenvalue weighted by Crippen LogP contribution is -2.56. The van der Waals surface area contributed by atoms with Gasteiger partial charge >= 0.3 is 0 Å². The molecule has 1 amide bonds. The summed E-state index contributed by atoms with van der Waals surface area (Å²) < 4.78 is 0. The molecule has 0 spiro atoms. The fourth-order valence-electron chi connectivity index (χ4n) is 3.76. The number of likely N-dealkylation sites (N-methyl/N-ethyl adjacent to an activating group) is 1. The van der Waals surface area contributed by atoms with Crippen LogP contribution in [0.4, 0.5) is 0 Å². The zero-order valence-electron chi connectivity index (χ0n) is 10.9. The van der Waals surface area contributed by atoms with Gasteiger partial charge in [-0.05, 0) is 42.5 Å². The van der Waals surface area contributed by atoms with Crippen molar-refractivity contribution in [3.63, 3.8) is 0 Å². The van der Waals surface area contributed by atoms with Crippen LogP contribution in [0.1, 0.15) is 37.3 Å². The summed E-state index contributed by atoms with van der Waals surface area (Å²) in [5.41, 5.74) is 2.85. The van der Waals surface area contributed by atoms with Gasteiger partial charge in [0.25, 0.3) is 0 Å². The van der Waals surface area contributed by atoms with Crippen molar-refractivity contribution in [1.82, 2.24) is 4.90 Å². The van der Waals surface area contributed by atoms with Crippen molar-refractivity contribution in [3.05, 3.63) is 34.3 Å². The van der Waals surface area contributed by atoms with Crippen LogP contribution in [-0.4, -0.2) is 23.9 Å². The summed E-state index contributed by atoms with van der Waals surface area (Å²) in [5.74, 6) is 0.287. The standard InChI is InChI=1S/C15H18ClNO/c1-15-8-7-14(18)17(2)13(15)6-3-10-9-11(16)4-5-12(10)15/h4-5,9,13H,3,6-8H2,1-2H3/t13-,15+/m0/s1. The maximum atomic E-state index is 11.9. The van der Waals surface area contributed by atoms with E-state index in [2.05, 4.69) is 19.1 Å². The minimum absolute atomic E-state index is 0.0980. The van der Waals surface area contributed by atoms with Crippen molar-refractivity contribution in [2.24, 2.45) is 0 Å². The lowest BCUT2D eigenvalue weighted by molar-refractivity contribution is -0.138. The Morgan fingerprint density at radius 1 is 1.39 bits per heavy atom. The molecule has 1 heterocycles. The van der Waals surface area contributed by atoms with Gasteiger partial charge < -0.3 is 4.90 Å². The van der Waals surface area contributed by atoms with Crippen LogP contribution in [0.2, 0.25) is 5.02 Å². The highest BCUT2D eigenvalue weighted by atomic mass is 35.5. The molecular formula is C15H18ClNO. The van der Waals surface area contributed by atoms with Gasteiger partial charge in [0.1, 0.15) is 0 Å². The minimum atomic E-state index is 0.0980. The molecule has 1 aliphatic carbocycles. The molecule has 1 aromatic rings. The molecule has 2 nitrogen and oxygen atoms in total.